The second-order valence-electron chi connectivity index (χ2n) is 5.65. The third-order valence-corrected chi connectivity index (χ3v) is 3.90. The summed E-state index contributed by atoms with van der Waals surface area (Å²) in [5.41, 5.74) is 2.23. The fraction of sp³-hybridized carbons (Fsp3) is 0.333. The van der Waals surface area contributed by atoms with Crippen LogP contribution in [-0.4, -0.2) is 41.7 Å². The third-order valence-electron chi connectivity index (χ3n) is 3.90. The summed E-state index contributed by atoms with van der Waals surface area (Å²) in [6, 6.07) is 14.0. The normalized spacial score (nSPS) is 17.7. The van der Waals surface area contributed by atoms with Gasteiger partial charge < -0.3 is 15.0 Å². The summed E-state index contributed by atoms with van der Waals surface area (Å²) >= 11 is 0. The first-order chi connectivity index (χ1) is 11.3. The number of amides is 2. The first kappa shape index (κ1) is 15.5. The maximum absolute atomic E-state index is 12.3. The first-order valence-corrected chi connectivity index (χ1v) is 7.88. The standard InChI is InChI=1S/C18H21N3O2/c22-18(20-13-16-7-4-8-19-12-16)21-9-10-23-17(14-21)11-15-5-2-1-3-6-15/h1-8,12,17H,9-11,13-14H2,(H,20,22)/t17-/m1/s1. The van der Waals surface area contributed by atoms with Gasteiger partial charge in [0.2, 0.25) is 0 Å². The van der Waals surface area contributed by atoms with E-state index in [9.17, 15) is 4.79 Å². The Kier molecular flexibility index (Phi) is 5.21. The zero-order valence-electron chi connectivity index (χ0n) is 13.0. The fourth-order valence-corrected chi connectivity index (χ4v) is 2.70. The number of aromatic nitrogens is 1. The zero-order chi connectivity index (χ0) is 15.9. The summed E-state index contributed by atoms with van der Waals surface area (Å²) in [5.74, 6) is 0. The van der Waals surface area contributed by atoms with E-state index in [0.717, 1.165) is 12.0 Å². The number of carbonyl (C=O) groups is 1. The molecule has 2 amide bonds. The Balaban J connectivity index is 1.50. The maximum atomic E-state index is 12.3. The summed E-state index contributed by atoms with van der Waals surface area (Å²) in [7, 11) is 0. The number of hydrogen-bond donors (Lipinski definition) is 1. The van der Waals surface area contributed by atoms with E-state index in [4.69, 9.17) is 4.74 Å². The second-order valence-corrected chi connectivity index (χ2v) is 5.65. The number of nitrogens with one attached hydrogen (secondary N) is 1. The number of carbonyl (C=O) groups excluding carboxylic acids is 1. The van der Waals surface area contributed by atoms with E-state index >= 15 is 0 Å². The van der Waals surface area contributed by atoms with Gasteiger partial charge >= 0.3 is 6.03 Å². The van der Waals surface area contributed by atoms with Crippen molar-refractivity contribution in [3.05, 3.63) is 66.0 Å². The van der Waals surface area contributed by atoms with Gasteiger partial charge in [-0.2, -0.15) is 0 Å². The molecule has 1 aliphatic heterocycles. The van der Waals surface area contributed by atoms with Gasteiger partial charge in [0, 0.05) is 38.4 Å². The van der Waals surface area contributed by atoms with E-state index in [0.29, 0.717) is 26.2 Å². The van der Waals surface area contributed by atoms with E-state index in [2.05, 4.69) is 22.4 Å². The van der Waals surface area contributed by atoms with Gasteiger partial charge in [0.25, 0.3) is 0 Å². The minimum Gasteiger partial charge on any atom is -0.374 e. The number of ether oxygens (including phenoxy) is 1. The van der Waals surface area contributed by atoms with E-state index in [-0.39, 0.29) is 12.1 Å². The maximum Gasteiger partial charge on any atom is 0.317 e. The van der Waals surface area contributed by atoms with Crippen molar-refractivity contribution in [3.63, 3.8) is 0 Å². The number of benzene rings is 1. The van der Waals surface area contributed by atoms with Gasteiger partial charge in [-0.1, -0.05) is 36.4 Å². The van der Waals surface area contributed by atoms with Crippen LogP contribution in [0.4, 0.5) is 4.79 Å². The topological polar surface area (TPSA) is 54.5 Å². The largest absolute Gasteiger partial charge is 0.374 e. The highest BCUT2D eigenvalue weighted by atomic mass is 16.5. The summed E-state index contributed by atoms with van der Waals surface area (Å²) in [6.45, 7) is 2.32. The SMILES string of the molecule is O=C(NCc1cccnc1)N1CCO[C@H](Cc2ccccc2)C1. The lowest BCUT2D eigenvalue weighted by molar-refractivity contribution is -0.0133. The molecule has 1 saturated heterocycles. The molecule has 3 rings (SSSR count). The molecule has 0 unspecified atom stereocenters. The molecule has 1 aromatic carbocycles. The molecule has 1 atom stereocenters. The van der Waals surface area contributed by atoms with Gasteiger partial charge in [-0.15, -0.1) is 0 Å². The van der Waals surface area contributed by atoms with Crippen LogP contribution in [0.3, 0.4) is 0 Å². The van der Waals surface area contributed by atoms with Crippen LogP contribution in [0.15, 0.2) is 54.9 Å². The Labute approximate surface area is 136 Å². The molecule has 2 heterocycles. The lowest BCUT2D eigenvalue weighted by Crippen LogP contribution is -2.50. The number of hydrogen-bond acceptors (Lipinski definition) is 3. The van der Waals surface area contributed by atoms with Crippen molar-refractivity contribution in [1.29, 1.82) is 0 Å². The third kappa shape index (κ3) is 4.53. The van der Waals surface area contributed by atoms with Gasteiger partial charge in [-0.3, -0.25) is 4.98 Å². The molecule has 120 valence electrons. The molecule has 1 aromatic heterocycles. The lowest BCUT2D eigenvalue weighted by atomic mass is 10.1. The fourth-order valence-electron chi connectivity index (χ4n) is 2.70. The molecule has 0 radical (unpaired) electrons. The quantitative estimate of drug-likeness (QED) is 0.942. The predicted molar refractivity (Wildman–Crippen MR) is 87.9 cm³/mol. The Morgan fingerprint density at radius 2 is 2.04 bits per heavy atom. The number of rotatable bonds is 4. The summed E-state index contributed by atoms with van der Waals surface area (Å²) in [6.07, 6.45) is 4.36. The summed E-state index contributed by atoms with van der Waals surface area (Å²) < 4.78 is 5.79. The van der Waals surface area contributed by atoms with E-state index in [1.807, 2.05) is 35.2 Å². The van der Waals surface area contributed by atoms with Crippen LogP contribution < -0.4 is 5.32 Å². The molecule has 0 spiro atoms. The number of urea groups is 1. The van der Waals surface area contributed by atoms with Crippen molar-refractivity contribution in [3.8, 4) is 0 Å². The van der Waals surface area contributed by atoms with E-state index in [1.165, 1.54) is 5.56 Å². The summed E-state index contributed by atoms with van der Waals surface area (Å²) in [4.78, 5) is 18.2. The van der Waals surface area contributed by atoms with Crippen molar-refractivity contribution in [2.75, 3.05) is 19.7 Å². The Bertz CT molecular complexity index is 619. The molecule has 0 bridgehead atoms. The molecule has 1 aliphatic rings. The minimum absolute atomic E-state index is 0.0461. The van der Waals surface area contributed by atoms with Crippen molar-refractivity contribution in [2.24, 2.45) is 0 Å². The highest BCUT2D eigenvalue weighted by molar-refractivity contribution is 5.74. The molecule has 1 N–H and O–H groups in total. The predicted octanol–water partition coefficient (Wildman–Crippen LogP) is 2.23. The van der Waals surface area contributed by atoms with Crippen molar-refractivity contribution in [2.45, 2.75) is 19.1 Å². The average Bonchev–Trinajstić information content (AvgIpc) is 2.62. The van der Waals surface area contributed by atoms with Gasteiger partial charge in [0.1, 0.15) is 0 Å². The average molecular weight is 311 g/mol. The smallest absolute Gasteiger partial charge is 0.317 e. The Morgan fingerprint density at radius 1 is 1.22 bits per heavy atom. The van der Waals surface area contributed by atoms with Crippen LogP contribution in [0.25, 0.3) is 0 Å². The molecule has 23 heavy (non-hydrogen) atoms. The number of nitrogens with zero attached hydrogens (tertiary/aromatic N) is 2. The van der Waals surface area contributed by atoms with Crippen LogP contribution in [0.5, 0.6) is 0 Å². The van der Waals surface area contributed by atoms with Crippen molar-refractivity contribution in [1.82, 2.24) is 15.2 Å². The second kappa shape index (κ2) is 7.74. The van der Waals surface area contributed by atoms with Crippen molar-refractivity contribution < 1.29 is 9.53 Å². The van der Waals surface area contributed by atoms with Gasteiger partial charge in [-0.05, 0) is 17.2 Å². The van der Waals surface area contributed by atoms with Crippen molar-refractivity contribution >= 4 is 6.03 Å². The zero-order valence-corrected chi connectivity index (χ0v) is 13.0. The van der Waals surface area contributed by atoms with E-state index in [1.54, 1.807) is 12.4 Å². The first-order valence-electron chi connectivity index (χ1n) is 7.88. The summed E-state index contributed by atoms with van der Waals surface area (Å²) in [5, 5.41) is 2.94. The van der Waals surface area contributed by atoms with Crippen LogP contribution in [0.2, 0.25) is 0 Å². The molecule has 0 saturated carbocycles. The van der Waals surface area contributed by atoms with Crippen LogP contribution >= 0.6 is 0 Å². The number of pyridine rings is 1. The Morgan fingerprint density at radius 3 is 2.83 bits per heavy atom. The van der Waals surface area contributed by atoms with Gasteiger partial charge in [0.15, 0.2) is 0 Å². The van der Waals surface area contributed by atoms with Crippen LogP contribution in [0.1, 0.15) is 11.1 Å². The molecule has 0 aliphatic carbocycles. The van der Waals surface area contributed by atoms with Crippen LogP contribution in [0, 0.1) is 0 Å². The minimum atomic E-state index is -0.0461. The molecule has 2 aromatic rings. The van der Waals surface area contributed by atoms with E-state index < -0.39 is 0 Å². The molecule has 1 fully saturated rings. The van der Waals surface area contributed by atoms with Gasteiger partial charge in [0.05, 0.1) is 12.7 Å². The molecule has 5 nitrogen and oxygen atoms in total. The molecular weight excluding hydrogens is 290 g/mol. The monoisotopic (exact) mass is 311 g/mol. The molecule has 5 heteroatoms. The molecular formula is C18H21N3O2. The highest BCUT2D eigenvalue weighted by Crippen LogP contribution is 2.12. The van der Waals surface area contributed by atoms with Gasteiger partial charge in [-0.25, -0.2) is 4.79 Å². The lowest BCUT2D eigenvalue weighted by Gasteiger charge is -2.33. The van der Waals surface area contributed by atoms with Crippen LogP contribution in [-0.2, 0) is 17.7 Å². The number of morpholine rings is 1. The Hall–Kier alpha value is -2.40. The highest BCUT2D eigenvalue weighted by Gasteiger charge is 2.24.